The van der Waals surface area contributed by atoms with Crippen LogP contribution in [0.15, 0.2) is 24.4 Å². The number of carbonyl (C=O) groups is 2. The number of aromatic nitrogens is 1. The van der Waals surface area contributed by atoms with Crippen molar-refractivity contribution in [3.05, 3.63) is 52.3 Å². The van der Waals surface area contributed by atoms with Crippen molar-refractivity contribution in [2.75, 3.05) is 20.1 Å². The fourth-order valence-corrected chi connectivity index (χ4v) is 5.52. The summed E-state index contributed by atoms with van der Waals surface area (Å²) >= 11 is 0. The van der Waals surface area contributed by atoms with Crippen LogP contribution in [-0.2, 0) is 19.5 Å². The first-order chi connectivity index (χ1) is 17.2. The van der Waals surface area contributed by atoms with Gasteiger partial charge in [0.2, 0.25) is 5.91 Å². The SMILES string of the molecule is CNCc1cn(-c2ccc(C(N)=O)c(CN3CCC(O)CC3)c2)c2c1C(=O)N(NC1CC1)C(C)(C)C2. The van der Waals surface area contributed by atoms with Gasteiger partial charge in [-0.15, -0.1) is 0 Å². The Labute approximate surface area is 212 Å². The minimum atomic E-state index is -0.447. The summed E-state index contributed by atoms with van der Waals surface area (Å²) in [6, 6.07) is 6.12. The quantitative estimate of drug-likeness (QED) is 0.444. The van der Waals surface area contributed by atoms with Gasteiger partial charge in [-0.2, -0.15) is 0 Å². The summed E-state index contributed by atoms with van der Waals surface area (Å²) in [6.07, 6.45) is 6.16. The number of nitrogens with one attached hydrogen (secondary N) is 2. The highest BCUT2D eigenvalue weighted by atomic mass is 16.3. The average molecular weight is 495 g/mol. The molecule has 1 saturated heterocycles. The Morgan fingerprint density at radius 3 is 2.53 bits per heavy atom. The van der Waals surface area contributed by atoms with Crippen molar-refractivity contribution in [3.8, 4) is 5.69 Å². The summed E-state index contributed by atoms with van der Waals surface area (Å²) in [5.41, 5.74) is 13.8. The van der Waals surface area contributed by atoms with E-state index in [1.807, 2.05) is 24.2 Å². The van der Waals surface area contributed by atoms with Crippen LogP contribution in [-0.4, -0.2) is 69.2 Å². The number of aliphatic hydroxyl groups excluding tert-OH is 1. The summed E-state index contributed by atoms with van der Waals surface area (Å²) in [7, 11) is 1.89. The van der Waals surface area contributed by atoms with E-state index in [-0.39, 0.29) is 17.6 Å². The van der Waals surface area contributed by atoms with E-state index >= 15 is 0 Å². The Hall–Kier alpha value is -2.72. The van der Waals surface area contributed by atoms with E-state index in [0.29, 0.717) is 31.1 Å². The summed E-state index contributed by atoms with van der Waals surface area (Å²) in [4.78, 5) is 28.3. The third kappa shape index (κ3) is 4.80. The molecular weight excluding hydrogens is 456 g/mol. The first-order valence-electron chi connectivity index (χ1n) is 13.0. The number of carbonyl (C=O) groups excluding carboxylic acids is 2. The van der Waals surface area contributed by atoms with Crippen molar-refractivity contribution >= 4 is 11.8 Å². The molecule has 0 atom stereocenters. The maximum absolute atomic E-state index is 13.8. The predicted octanol–water partition coefficient (Wildman–Crippen LogP) is 1.70. The summed E-state index contributed by atoms with van der Waals surface area (Å²) < 4.78 is 2.12. The summed E-state index contributed by atoms with van der Waals surface area (Å²) in [6.45, 7) is 6.94. The predicted molar refractivity (Wildman–Crippen MR) is 138 cm³/mol. The van der Waals surface area contributed by atoms with Crippen molar-refractivity contribution in [3.63, 3.8) is 0 Å². The molecule has 9 nitrogen and oxygen atoms in total. The molecule has 0 spiro atoms. The first kappa shape index (κ1) is 25.0. The van der Waals surface area contributed by atoms with E-state index < -0.39 is 5.91 Å². The molecule has 3 aliphatic rings. The molecule has 1 aromatic carbocycles. The molecule has 2 amide bonds. The largest absolute Gasteiger partial charge is 0.393 e. The third-order valence-corrected chi connectivity index (χ3v) is 7.65. The van der Waals surface area contributed by atoms with Gasteiger partial charge in [0.1, 0.15) is 0 Å². The number of likely N-dealkylation sites (tertiary alicyclic amines) is 1. The van der Waals surface area contributed by atoms with Crippen LogP contribution in [0.5, 0.6) is 0 Å². The normalized spacial score (nSPS) is 20.6. The van der Waals surface area contributed by atoms with Crippen molar-refractivity contribution in [1.82, 2.24) is 25.2 Å². The number of hydrogen-bond donors (Lipinski definition) is 4. The highest BCUT2D eigenvalue weighted by Crippen LogP contribution is 2.36. The summed E-state index contributed by atoms with van der Waals surface area (Å²) in [5.74, 6) is -0.435. The number of primary amides is 1. The van der Waals surface area contributed by atoms with Gasteiger partial charge in [-0.3, -0.25) is 19.5 Å². The van der Waals surface area contributed by atoms with E-state index in [2.05, 4.69) is 40.3 Å². The molecule has 9 heteroatoms. The zero-order chi connectivity index (χ0) is 25.6. The van der Waals surface area contributed by atoms with Crippen LogP contribution in [0.4, 0.5) is 0 Å². The van der Waals surface area contributed by atoms with E-state index in [1.54, 1.807) is 6.07 Å². The topological polar surface area (TPSA) is 116 Å². The van der Waals surface area contributed by atoms with E-state index in [9.17, 15) is 14.7 Å². The van der Waals surface area contributed by atoms with E-state index in [0.717, 1.165) is 66.8 Å². The minimum Gasteiger partial charge on any atom is -0.393 e. The standard InChI is InChI=1S/C27H38N6O3/c1-27(2)13-23-24(26(36)33(27)30-19-4-5-19)18(14-29-3)16-32(23)20-6-7-22(25(28)35)17(12-20)15-31-10-8-21(34)9-11-31/h6-7,12,16,19,21,29-30,34H,4-5,8-11,13-15H2,1-3H3,(H2,28,35). The van der Waals surface area contributed by atoms with Crippen LogP contribution < -0.4 is 16.5 Å². The van der Waals surface area contributed by atoms with Gasteiger partial charge in [0.25, 0.3) is 5.91 Å². The van der Waals surface area contributed by atoms with Crippen LogP contribution in [0, 0.1) is 0 Å². The van der Waals surface area contributed by atoms with Gasteiger partial charge in [0, 0.05) is 61.8 Å². The van der Waals surface area contributed by atoms with Crippen molar-refractivity contribution in [2.24, 2.45) is 5.73 Å². The van der Waals surface area contributed by atoms with Crippen molar-refractivity contribution in [1.29, 1.82) is 0 Å². The number of fused-ring (bicyclic) bond motifs is 1. The second-order valence-electron chi connectivity index (χ2n) is 11.1. The van der Waals surface area contributed by atoms with Gasteiger partial charge in [-0.05, 0) is 75.9 Å². The highest BCUT2D eigenvalue weighted by Gasteiger charge is 2.43. The Morgan fingerprint density at radius 2 is 1.89 bits per heavy atom. The maximum Gasteiger partial charge on any atom is 0.270 e. The molecule has 5 rings (SSSR count). The van der Waals surface area contributed by atoms with E-state index in [1.165, 1.54) is 0 Å². The number of amides is 2. The van der Waals surface area contributed by atoms with Gasteiger partial charge in [0.15, 0.2) is 0 Å². The molecule has 1 aliphatic carbocycles. The molecule has 2 fully saturated rings. The van der Waals surface area contributed by atoms with Crippen LogP contribution in [0.1, 0.15) is 77.1 Å². The average Bonchev–Trinajstić information content (AvgIpc) is 3.58. The molecule has 0 unspecified atom stereocenters. The zero-order valence-corrected chi connectivity index (χ0v) is 21.5. The molecule has 194 valence electrons. The fraction of sp³-hybridized carbons (Fsp3) is 0.556. The van der Waals surface area contributed by atoms with Gasteiger partial charge in [-0.1, -0.05) is 0 Å². The van der Waals surface area contributed by atoms with Gasteiger partial charge in [-0.25, -0.2) is 5.43 Å². The Bertz CT molecular complexity index is 1160. The third-order valence-electron chi connectivity index (χ3n) is 7.65. The smallest absolute Gasteiger partial charge is 0.270 e. The molecule has 2 aromatic rings. The number of hydrogen-bond acceptors (Lipinski definition) is 6. The van der Waals surface area contributed by atoms with Crippen LogP contribution in [0.2, 0.25) is 0 Å². The summed E-state index contributed by atoms with van der Waals surface area (Å²) in [5, 5.41) is 14.9. The van der Waals surface area contributed by atoms with E-state index in [4.69, 9.17) is 5.73 Å². The van der Waals surface area contributed by atoms with Crippen LogP contribution in [0.25, 0.3) is 5.69 Å². The highest BCUT2D eigenvalue weighted by molar-refractivity contribution is 5.99. The van der Waals surface area contributed by atoms with Crippen LogP contribution >= 0.6 is 0 Å². The first-order valence-corrected chi connectivity index (χ1v) is 13.0. The molecule has 5 N–H and O–H groups in total. The molecule has 0 radical (unpaired) electrons. The number of nitrogens with zero attached hydrogens (tertiary/aromatic N) is 3. The number of benzene rings is 1. The number of rotatable bonds is 8. The fourth-order valence-electron chi connectivity index (χ4n) is 5.52. The van der Waals surface area contributed by atoms with Crippen molar-refractivity contribution in [2.45, 2.75) is 76.7 Å². The minimum absolute atomic E-state index is 0.0120. The van der Waals surface area contributed by atoms with Gasteiger partial charge >= 0.3 is 0 Å². The number of hydrazine groups is 1. The zero-order valence-electron chi connectivity index (χ0n) is 21.5. The molecule has 36 heavy (non-hydrogen) atoms. The Morgan fingerprint density at radius 1 is 1.17 bits per heavy atom. The lowest BCUT2D eigenvalue weighted by Crippen LogP contribution is -2.60. The lowest BCUT2D eigenvalue weighted by Gasteiger charge is -2.42. The van der Waals surface area contributed by atoms with Gasteiger partial charge in [0.05, 0.1) is 17.2 Å². The van der Waals surface area contributed by atoms with Crippen molar-refractivity contribution < 1.29 is 14.7 Å². The second kappa shape index (κ2) is 9.63. The molecule has 1 aromatic heterocycles. The Balaban J connectivity index is 1.54. The Kier molecular flexibility index (Phi) is 6.67. The lowest BCUT2D eigenvalue weighted by molar-refractivity contribution is 0.0287. The molecule has 1 saturated carbocycles. The molecular formula is C27H38N6O3. The number of piperidine rings is 1. The maximum atomic E-state index is 13.8. The molecule has 2 aliphatic heterocycles. The van der Waals surface area contributed by atoms with Gasteiger partial charge < -0.3 is 20.7 Å². The number of nitrogens with two attached hydrogens (primary N) is 1. The second-order valence-corrected chi connectivity index (χ2v) is 11.1. The lowest BCUT2D eigenvalue weighted by atomic mass is 9.89. The molecule has 0 bridgehead atoms. The monoisotopic (exact) mass is 494 g/mol. The van der Waals surface area contributed by atoms with Crippen LogP contribution in [0.3, 0.4) is 0 Å². The molecule has 3 heterocycles. The number of aliphatic hydroxyl groups is 1.